The highest BCUT2D eigenvalue weighted by Crippen LogP contribution is 2.39. The lowest BCUT2D eigenvalue weighted by molar-refractivity contribution is -0.158. The number of carbonyl (C=O) groups excluding carboxylic acids is 2. The van der Waals surface area contributed by atoms with Crippen molar-refractivity contribution in [3.63, 3.8) is 0 Å². The molecule has 4 rings (SSSR count). The van der Waals surface area contributed by atoms with E-state index in [1.54, 1.807) is 10.2 Å². The van der Waals surface area contributed by atoms with Crippen molar-refractivity contribution < 1.29 is 36.0 Å². The Morgan fingerprint density at radius 1 is 1.26 bits per heavy atom. The van der Waals surface area contributed by atoms with E-state index in [4.69, 9.17) is 4.42 Å². The smallest absolute Gasteiger partial charge is 0.416 e. The van der Waals surface area contributed by atoms with Crippen molar-refractivity contribution >= 4 is 34.5 Å². The van der Waals surface area contributed by atoms with Crippen LogP contribution in [0.4, 0.5) is 38.4 Å². The van der Waals surface area contributed by atoms with E-state index >= 15 is 0 Å². The van der Waals surface area contributed by atoms with Gasteiger partial charge in [-0.05, 0) is 19.9 Å². The molecule has 0 radical (unpaired) electrons. The molecule has 0 bridgehead atoms. The van der Waals surface area contributed by atoms with Crippen LogP contribution in [0, 0.1) is 18.6 Å². The van der Waals surface area contributed by atoms with E-state index < -0.39 is 41.2 Å². The van der Waals surface area contributed by atoms with Gasteiger partial charge in [-0.2, -0.15) is 13.2 Å². The number of rotatable bonds is 4. The van der Waals surface area contributed by atoms with Gasteiger partial charge in [-0.1, -0.05) is 0 Å². The van der Waals surface area contributed by atoms with Crippen LogP contribution in [-0.4, -0.2) is 47.2 Å². The number of aromatic nitrogens is 2. The maximum Gasteiger partial charge on any atom is 0.416 e. The maximum atomic E-state index is 14.0. The molecule has 0 aliphatic carbocycles. The fourth-order valence-corrected chi connectivity index (χ4v) is 3.67. The van der Waals surface area contributed by atoms with Crippen LogP contribution in [0.5, 0.6) is 0 Å². The molecule has 1 saturated heterocycles. The minimum atomic E-state index is -5.02. The first-order valence-electron chi connectivity index (χ1n) is 10.3. The number of carbonyl (C=O) groups is 2. The Bertz CT molecular complexity index is 1280. The molecule has 2 aromatic heterocycles. The Kier molecular flexibility index (Phi) is 6.21. The van der Waals surface area contributed by atoms with Crippen molar-refractivity contribution in [3.8, 4) is 0 Å². The number of nitrogens with zero attached hydrogens (tertiary/aromatic N) is 3. The van der Waals surface area contributed by atoms with E-state index in [0.29, 0.717) is 12.6 Å². The van der Waals surface area contributed by atoms with Crippen LogP contribution < -0.4 is 20.9 Å². The summed E-state index contributed by atoms with van der Waals surface area (Å²) < 4.78 is 74.0. The zero-order valence-electron chi connectivity index (χ0n) is 18.3. The van der Waals surface area contributed by atoms with Crippen molar-refractivity contribution in [2.75, 3.05) is 23.3 Å². The van der Waals surface area contributed by atoms with Crippen molar-refractivity contribution in [1.29, 1.82) is 0 Å². The number of hydrogen-bond donors (Lipinski definition) is 3. The summed E-state index contributed by atoms with van der Waals surface area (Å²) in [7, 11) is 0. The number of fused-ring (bicyclic) bond motifs is 1. The van der Waals surface area contributed by atoms with Gasteiger partial charge in [-0.25, -0.2) is 23.5 Å². The summed E-state index contributed by atoms with van der Waals surface area (Å²) in [4.78, 5) is 33.7. The van der Waals surface area contributed by atoms with Gasteiger partial charge in [-0.3, -0.25) is 4.79 Å². The Labute approximate surface area is 194 Å². The predicted octanol–water partition coefficient (Wildman–Crippen LogP) is 3.56. The quantitative estimate of drug-likeness (QED) is 0.475. The van der Waals surface area contributed by atoms with Crippen molar-refractivity contribution in [2.45, 2.75) is 32.1 Å². The topological polar surface area (TPSA) is 112 Å². The molecule has 9 nitrogen and oxygen atoms in total. The van der Waals surface area contributed by atoms with Crippen LogP contribution in [-0.2, 0) is 4.79 Å². The third-order valence-electron chi connectivity index (χ3n) is 5.45. The molecule has 1 fully saturated rings. The van der Waals surface area contributed by atoms with Gasteiger partial charge in [0.15, 0.2) is 17.4 Å². The number of hydrogen-bond acceptors (Lipinski definition) is 6. The molecule has 186 valence electrons. The highest BCUT2D eigenvalue weighted by Gasteiger charge is 2.45. The number of anilines is 2. The molecule has 3 N–H and O–H groups in total. The van der Waals surface area contributed by atoms with Crippen molar-refractivity contribution in [2.24, 2.45) is 0 Å². The van der Waals surface area contributed by atoms with E-state index in [1.165, 1.54) is 19.3 Å². The lowest BCUT2D eigenvalue weighted by Gasteiger charge is -2.33. The number of amides is 3. The molecular formula is C21H19F5N6O3. The third kappa shape index (κ3) is 4.95. The zero-order chi connectivity index (χ0) is 25.5. The summed E-state index contributed by atoms with van der Waals surface area (Å²) in [5, 5.41) is 6.44. The molecule has 3 aromatic rings. The second-order valence-corrected chi connectivity index (χ2v) is 7.98. The van der Waals surface area contributed by atoms with E-state index in [9.17, 15) is 31.5 Å². The molecule has 3 amide bonds. The Hall–Kier alpha value is -3.97. The summed E-state index contributed by atoms with van der Waals surface area (Å²) in [6, 6.07) is -2.67. The summed E-state index contributed by atoms with van der Waals surface area (Å²) in [5.41, 5.74) is -0.746. The average molecular weight is 498 g/mol. The molecule has 1 aliphatic heterocycles. The molecule has 2 atom stereocenters. The number of benzene rings is 1. The van der Waals surface area contributed by atoms with E-state index in [1.807, 2.05) is 6.92 Å². The molecule has 35 heavy (non-hydrogen) atoms. The number of halogens is 5. The highest BCUT2D eigenvalue weighted by atomic mass is 19.4. The van der Waals surface area contributed by atoms with Crippen LogP contribution in [0.3, 0.4) is 0 Å². The van der Waals surface area contributed by atoms with Gasteiger partial charge in [0.25, 0.3) is 0 Å². The number of aryl methyl sites for hydroxylation is 1. The SMILES string of the molecule is Cc1c([C@H](NC(=O)Nc2cnc(N3CC(=O)NC[C@@H]3C)nc2)C(F)(F)F)oc2c(F)cc(F)cc12. The fraction of sp³-hybridized carbons (Fsp3) is 0.333. The second-order valence-electron chi connectivity index (χ2n) is 7.98. The van der Waals surface area contributed by atoms with Gasteiger partial charge in [0.1, 0.15) is 18.1 Å². The first-order chi connectivity index (χ1) is 16.4. The number of alkyl halides is 3. The normalized spacial score (nSPS) is 17.3. The predicted molar refractivity (Wildman–Crippen MR) is 114 cm³/mol. The monoisotopic (exact) mass is 498 g/mol. The van der Waals surface area contributed by atoms with Gasteiger partial charge in [0.2, 0.25) is 11.9 Å². The van der Waals surface area contributed by atoms with Crippen LogP contribution in [0.2, 0.25) is 0 Å². The molecular weight excluding hydrogens is 479 g/mol. The van der Waals surface area contributed by atoms with Crippen LogP contribution in [0.15, 0.2) is 28.9 Å². The van der Waals surface area contributed by atoms with Gasteiger partial charge in [0.05, 0.1) is 18.1 Å². The number of nitrogens with one attached hydrogen (secondary N) is 3. The van der Waals surface area contributed by atoms with Crippen molar-refractivity contribution in [1.82, 2.24) is 20.6 Å². The largest absolute Gasteiger partial charge is 0.455 e. The van der Waals surface area contributed by atoms with Crippen LogP contribution in [0.1, 0.15) is 24.3 Å². The van der Waals surface area contributed by atoms with Gasteiger partial charge in [0, 0.05) is 29.6 Å². The first-order valence-corrected chi connectivity index (χ1v) is 10.3. The standard InChI is InChI=1S/C21H19F5N6O3/c1-9-5-27-15(33)8-32(9)19-28-6-12(7-29-19)30-20(34)31-18(21(24,25)26)16-10(2)13-3-11(22)4-14(23)17(13)35-16/h3-4,6-7,9,18H,5,8H2,1-2H3,(H,27,33)(H2,30,31,34)/t9-,18-/m0/s1. The maximum absolute atomic E-state index is 14.0. The molecule has 0 saturated carbocycles. The van der Waals surface area contributed by atoms with Crippen LogP contribution >= 0.6 is 0 Å². The second kappa shape index (κ2) is 9.00. The molecule has 0 unspecified atom stereocenters. The zero-order valence-corrected chi connectivity index (χ0v) is 18.3. The highest BCUT2D eigenvalue weighted by molar-refractivity contribution is 5.90. The average Bonchev–Trinajstić information content (AvgIpc) is 3.10. The number of furan rings is 1. The Morgan fingerprint density at radius 2 is 1.94 bits per heavy atom. The van der Waals surface area contributed by atoms with E-state index in [2.05, 4.69) is 20.6 Å². The lowest BCUT2D eigenvalue weighted by atomic mass is 10.1. The number of urea groups is 1. The lowest BCUT2D eigenvalue weighted by Crippen LogP contribution is -2.53. The Morgan fingerprint density at radius 3 is 2.60 bits per heavy atom. The fourth-order valence-electron chi connectivity index (χ4n) is 3.67. The van der Waals surface area contributed by atoms with Crippen molar-refractivity contribution in [3.05, 3.63) is 47.5 Å². The summed E-state index contributed by atoms with van der Waals surface area (Å²) in [6.07, 6.45) is -2.67. The van der Waals surface area contributed by atoms with Crippen LogP contribution in [0.25, 0.3) is 11.0 Å². The Balaban J connectivity index is 1.52. The van der Waals surface area contributed by atoms with E-state index in [0.717, 1.165) is 6.07 Å². The van der Waals surface area contributed by atoms with Gasteiger partial charge >= 0.3 is 12.2 Å². The molecule has 3 heterocycles. The minimum absolute atomic E-state index is 0.0178. The van der Waals surface area contributed by atoms with Gasteiger partial charge in [-0.15, -0.1) is 0 Å². The summed E-state index contributed by atoms with van der Waals surface area (Å²) >= 11 is 0. The summed E-state index contributed by atoms with van der Waals surface area (Å²) in [6.45, 7) is 3.47. The molecule has 14 heteroatoms. The van der Waals surface area contributed by atoms with Gasteiger partial charge < -0.3 is 25.3 Å². The van der Waals surface area contributed by atoms with E-state index in [-0.39, 0.29) is 41.1 Å². The third-order valence-corrected chi connectivity index (χ3v) is 5.45. The molecule has 0 spiro atoms. The summed E-state index contributed by atoms with van der Waals surface area (Å²) in [5.74, 6) is -2.94. The minimum Gasteiger partial charge on any atom is -0.455 e. The molecule has 1 aromatic carbocycles. The number of piperazine rings is 1. The first kappa shape index (κ1) is 24.2. The molecule has 1 aliphatic rings.